The normalized spacial score (nSPS) is 12.9. The van der Waals surface area contributed by atoms with E-state index in [0.29, 0.717) is 13.1 Å². The van der Waals surface area contributed by atoms with Gasteiger partial charge in [-0.15, -0.1) is 0 Å². The average Bonchev–Trinajstić information content (AvgIpc) is 2.63. The van der Waals surface area contributed by atoms with Gasteiger partial charge < -0.3 is 5.32 Å². The molecule has 1 heterocycles. The standard InChI is InChI=1S/C10H20N4O2S/c1-5-14-9(12-8-13-14)6-11-7-10(2,3)17(4,15)16/h8,11H,5-7H2,1-4H3. The first-order chi connectivity index (χ1) is 7.78. The van der Waals surface area contributed by atoms with Crippen LogP contribution in [-0.4, -0.2) is 40.7 Å². The number of hydrogen-bond acceptors (Lipinski definition) is 5. The minimum absolute atomic E-state index is 0.391. The number of sulfone groups is 1. The van der Waals surface area contributed by atoms with Gasteiger partial charge in [0, 0.05) is 19.3 Å². The Hall–Kier alpha value is -0.950. The Kier molecular flexibility index (Phi) is 4.26. The van der Waals surface area contributed by atoms with E-state index in [2.05, 4.69) is 15.4 Å². The van der Waals surface area contributed by atoms with Crippen LogP contribution in [0.25, 0.3) is 0 Å². The summed E-state index contributed by atoms with van der Waals surface area (Å²) in [7, 11) is -3.06. The van der Waals surface area contributed by atoms with Crippen LogP contribution in [0.1, 0.15) is 26.6 Å². The van der Waals surface area contributed by atoms with Crippen LogP contribution in [0.3, 0.4) is 0 Å². The van der Waals surface area contributed by atoms with Gasteiger partial charge in [-0.3, -0.25) is 0 Å². The van der Waals surface area contributed by atoms with E-state index in [1.807, 2.05) is 6.92 Å². The molecule has 1 rings (SSSR count). The molecule has 0 atom stereocenters. The fourth-order valence-electron chi connectivity index (χ4n) is 1.30. The highest BCUT2D eigenvalue weighted by Gasteiger charge is 2.29. The topological polar surface area (TPSA) is 76.9 Å². The first-order valence-corrected chi connectivity index (χ1v) is 7.44. The molecule has 0 amide bonds. The van der Waals surface area contributed by atoms with Crippen LogP contribution in [0.2, 0.25) is 0 Å². The zero-order valence-electron chi connectivity index (χ0n) is 10.8. The molecule has 0 aromatic carbocycles. The van der Waals surface area contributed by atoms with Gasteiger partial charge in [0.1, 0.15) is 12.2 Å². The lowest BCUT2D eigenvalue weighted by Gasteiger charge is -2.22. The Morgan fingerprint density at radius 1 is 1.47 bits per heavy atom. The summed E-state index contributed by atoms with van der Waals surface area (Å²) in [4.78, 5) is 4.11. The van der Waals surface area contributed by atoms with Gasteiger partial charge >= 0.3 is 0 Å². The van der Waals surface area contributed by atoms with Gasteiger partial charge in [0.05, 0.1) is 11.3 Å². The maximum Gasteiger partial charge on any atom is 0.153 e. The molecular weight excluding hydrogens is 240 g/mol. The van der Waals surface area contributed by atoms with Crippen molar-refractivity contribution in [2.75, 3.05) is 12.8 Å². The number of rotatable bonds is 6. The Bertz CT molecular complexity index is 464. The molecule has 1 N–H and O–H groups in total. The quantitative estimate of drug-likeness (QED) is 0.791. The SMILES string of the molecule is CCn1ncnc1CNCC(C)(C)S(C)(=O)=O. The minimum atomic E-state index is -3.06. The summed E-state index contributed by atoms with van der Waals surface area (Å²) in [5.74, 6) is 0.816. The molecular formula is C10H20N4O2S. The van der Waals surface area contributed by atoms with Crippen LogP contribution in [0, 0.1) is 0 Å². The highest BCUT2D eigenvalue weighted by Crippen LogP contribution is 2.13. The molecule has 98 valence electrons. The maximum absolute atomic E-state index is 11.5. The van der Waals surface area contributed by atoms with E-state index >= 15 is 0 Å². The second kappa shape index (κ2) is 5.14. The number of aromatic nitrogens is 3. The predicted octanol–water partition coefficient (Wildman–Crippen LogP) is 0.211. The van der Waals surface area contributed by atoms with E-state index in [4.69, 9.17) is 0 Å². The number of nitrogens with zero attached hydrogens (tertiary/aromatic N) is 3. The van der Waals surface area contributed by atoms with Crippen molar-refractivity contribution in [1.29, 1.82) is 0 Å². The van der Waals surface area contributed by atoms with Gasteiger partial charge in [-0.25, -0.2) is 18.1 Å². The molecule has 7 heteroatoms. The molecule has 6 nitrogen and oxygen atoms in total. The summed E-state index contributed by atoms with van der Waals surface area (Å²) < 4.78 is 24.0. The highest BCUT2D eigenvalue weighted by atomic mass is 32.2. The number of hydrogen-bond donors (Lipinski definition) is 1. The first kappa shape index (κ1) is 14.1. The summed E-state index contributed by atoms with van der Waals surface area (Å²) in [5.41, 5.74) is 0. The lowest BCUT2D eigenvalue weighted by molar-refractivity contribution is 0.506. The average molecular weight is 260 g/mol. The second-order valence-corrected chi connectivity index (χ2v) is 7.28. The molecule has 0 bridgehead atoms. The molecule has 0 radical (unpaired) electrons. The zero-order chi connectivity index (χ0) is 13.1. The summed E-state index contributed by atoms with van der Waals surface area (Å²) >= 11 is 0. The van der Waals surface area contributed by atoms with Crippen LogP contribution in [-0.2, 0) is 22.9 Å². The number of nitrogens with one attached hydrogen (secondary N) is 1. The summed E-state index contributed by atoms with van der Waals surface area (Å²) in [6, 6.07) is 0. The fourth-order valence-corrected chi connectivity index (χ4v) is 1.66. The van der Waals surface area contributed by atoms with Crippen molar-refractivity contribution in [2.24, 2.45) is 0 Å². The number of aryl methyl sites for hydroxylation is 1. The Morgan fingerprint density at radius 3 is 2.65 bits per heavy atom. The molecule has 0 saturated carbocycles. The smallest absolute Gasteiger partial charge is 0.153 e. The fraction of sp³-hybridized carbons (Fsp3) is 0.800. The van der Waals surface area contributed by atoms with E-state index < -0.39 is 14.6 Å². The van der Waals surface area contributed by atoms with Crippen molar-refractivity contribution in [3.8, 4) is 0 Å². The lowest BCUT2D eigenvalue weighted by atomic mass is 10.2. The molecule has 1 aromatic rings. The van der Waals surface area contributed by atoms with Gasteiger partial charge in [-0.05, 0) is 20.8 Å². The Morgan fingerprint density at radius 2 is 2.12 bits per heavy atom. The van der Waals surface area contributed by atoms with Crippen molar-refractivity contribution in [3.05, 3.63) is 12.2 Å². The summed E-state index contributed by atoms with van der Waals surface area (Å²) in [6.07, 6.45) is 2.76. The van der Waals surface area contributed by atoms with Crippen LogP contribution in [0.15, 0.2) is 6.33 Å². The summed E-state index contributed by atoms with van der Waals surface area (Å²) in [6.45, 7) is 7.07. The van der Waals surface area contributed by atoms with Gasteiger partial charge in [-0.2, -0.15) is 5.10 Å². The van der Waals surface area contributed by atoms with Gasteiger partial charge in [0.25, 0.3) is 0 Å². The van der Waals surface area contributed by atoms with Gasteiger partial charge in [0.15, 0.2) is 9.84 Å². The largest absolute Gasteiger partial charge is 0.308 e. The van der Waals surface area contributed by atoms with E-state index in [-0.39, 0.29) is 0 Å². The molecule has 0 aliphatic heterocycles. The Labute approximate surface area is 102 Å². The molecule has 0 saturated heterocycles. The second-order valence-electron chi connectivity index (χ2n) is 4.63. The van der Waals surface area contributed by atoms with Crippen LogP contribution < -0.4 is 5.32 Å². The molecule has 0 fully saturated rings. The van der Waals surface area contributed by atoms with E-state index in [1.54, 1.807) is 18.5 Å². The van der Waals surface area contributed by atoms with Crippen molar-refractivity contribution in [2.45, 2.75) is 38.6 Å². The highest BCUT2D eigenvalue weighted by molar-refractivity contribution is 7.92. The minimum Gasteiger partial charge on any atom is -0.308 e. The molecule has 0 spiro atoms. The van der Waals surface area contributed by atoms with Crippen LogP contribution in [0.4, 0.5) is 0 Å². The Balaban J connectivity index is 2.54. The zero-order valence-corrected chi connectivity index (χ0v) is 11.6. The van der Waals surface area contributed by atoms with E-state index in [0.717, 1.165) is 12.4 Å². The molecule has 1 aromatic heterocycles. The molecule has 17 heavy (non-hydrogen) atoms. The van der Waals surface area contributed by atoms with Gasteiger partial charge in [-0.1, -0.05) is 0 Å². The van der Waals surface area contributed by atoms with Crippen LogP contribution >= 0.6 is 0 Å². The van der Waals surface area contributed by atoms with Crippen molar-refractivity contribution >= 4 is 9.84 Å². The van der Waals surface area contributed by atoms with Crippen molar-refractivity contribution < 1.29 is 8.42 Å². The third-order valence-corrected chi connectivity index (χ3v) is 4.98. The first-order valence-electron chi connectivity index (χ1n) is 5.55. The third-order valence-electron chi connectivity index (χ3n) is 2.83. The lowest BCUT2D eigenvalue weighted by Crippen LogP contribution is -2.41. The van der Waals surface area contributed by atoms with E-state index in [9.17, 15) is 8.42 Å². The monoisotopic (exact) mass is 260 g/mol. The third kappa shape index (κ3) is 3.50. The van der Waals surface area contributed by atoms with Crippen molar-refractivity contribution in [3.63, 3.8) is 0 Å². The summed E-state index contributed by atoms with van der Waals surface area (Å²) in [5, 5.41) is 7.15. The van der Waals surface area contributed by atoms with E-state index in [1.165, 1.54) is 12.6 Å². The molecule has 0 aliphatic carbocycles. The maximum atomic E-state index is 11.5. The van der Waals surface area contributed by atoms with Gasteiger partial charge in [0.2, 0.25) is 0 Å². The van der Waals surface area contributed by atoms with Crippen LogP contribution in [0.5, 0.6) is 0 Å². The molecule has 0 aliphatic rings. The predicted molar refractivity (Wildman–Crippen MR) is 66.3 cm³/mol. The molecule has 0 unspecified atom stereocenters. The van der Waals surface area contributed by atoms with Crippen molar-refractivity contribution in [1.82, 2.24) is 20.1 Å².